The summed E-state index contributed by atoms with van der Waals surface area (Å²) in [5, 5.41) is 5.31. The third kappa shape index (κ3) is 6.57. The average molecular weight is 423 g/mol. The van der Waals surface area contributed by atoms with Gasteiger partial charge in [0.05, 0.1) is 6.54 Å². The Morgan fingerprint density at radius 1 is 1.03 bits per heavy atom. The molecule has 0 spiro atoms. The van der Waals surface area contributed by atoms with Gasteiger partial charge in [-0.1, -0.05) is 37.3 Å². The Hall–Kier alpha value is -3.35. The zero-order chi connectivity index (χ0) is 22.2. The van der Waals surface area contributed by atoms with E-state index in [9.17, 15) is 14.4 Å². The van der Waals surface area contributed by atoms with E-state index < -0.39 is 6.03 Å². The minimum Gasteiger partial charge on any atom is -0.341 e. The van der Waals surface area contributed by atoms with Gasteiger partial charge in [-0.3, -0.25) is 9.59 Å². The minimum absolute atomic E-state index is 0.0432. The zero-order valence-electron chi connectivity index (χ0n) is 18.1. The van der Waals surface area contributed by atoms with Crippen LogP contribution in [0.5, 0.6) is 0 Å². The van der Waals surface area contributed by atoms with Crippen molar-refractivity contribution in [2.75, 3.05) is 36.4 Å². The topological polar surface area (TPSA) is 81.8 Å². The molecule has 0 aromatic heterocycles. The number of rotatable bonds is 6. The summed E-state index contributed by atoms with van der Waals surface area (Å²) in [5.41, 5.74) is 2.31. The maximum Gasteiger partial charge on any atom is 0.319 e. The standard InChI is InChI=1S/C24H30N4O3/c1-18-11-13-27(14-12-18)23(30)17-28(21-9-4-3-5-10-21)22(29)16-25-24(31)26-20-8-6-7-19(2)15-20/h3-10,15,18H,11-14,16-17H2,1-2H3,(H2,25,26,31). The summed E-state index contributed by atoms with van der Waals surface area (Å²) in [6.45, 7) is 5.30. The molecule has 1 heterocycles. The molecule has 31 heavy (non-hydrogen) atoms. The number of nitrogens with zero attached hydrogens (tertiary/aromatic N) is 2. The Morgan fingerprint density at radius 2 is 1.74 bits per heavy atom. The van der Waals surface area contributed by atoms with Crippen molar-refractivity contribution in [3.05, 3.63) is 60.2 Å². The second kappa shape index (κ2) is 10.6. The molecule has 1 fully saturated rings. The van der Waals surface area contributed by atoms with E-state index in [2.05, 4.69) is 17.6 Å². The van der Waals surface area contributed by atoms with Gasteiger partial charge in [-0.25, -0.2) is 4.79 Å². The van der Waals surface area contributed by atoms with E-state index in [-0.39, 0.29) is 24.9 Å². The summed E-state index contributed by atoms with van der Waals surface area (Å²) in [6.07, 6.45) is 1.96. The molecule has 3 rings (SSSR count). The summed E-state index contributed by atoms with van der Waals surface area (Å²) in [5.74, 6) is 0.199. The van der Waals surface area contributed by atoms with Gasteiger partial charge in [0.15, 0.2) is 0 Å². The van der Waals surface area contributed by atoms with Gasteiger partial charge in [-0.2, -0.15) is 0 Å². The number of amides is 4. The van der Waals surface area contributed by atoms with Crippen LogP contribution in [0.15, 0.2) is 54.6 Å². The van der Waals surface area contributed by atoms with Crippen molar-refractivity contribution in [1.29, 1.82) is 0 Å². The monoisotopic (exact) mass is 422 g/mol. The quantitative estimate of drug-likeness (QED) is 0.749. The van der Waals surface area contributed by atoms with Gasteiger partial charge in [0.25, 0.3) is 0 Å². The normalized spacial score (nSPS) is 14.1. The fourth-order valence-electron chi connectivity index (χ4n) is 3.57. The highest BCUT2D eigenvalue weighted by atomic mass is 16.2. The van der Waals surface area contributed by atoms with Crippen molar-refractivity contribution in [2.45, 2.75) is 26.7 Å². The summed E-state index contributed by atoms with van der Waals surface area (Å²) in [6, 6.07) is 16.0. The number of nitrogens with one attached hydrogen (secondary N) is 2. The molecule has 0 aliphatic carbocycles. The lowest BCUT2D eigenvalue weighted by Crippen LogP contribution is -2.48. The highest BCUT2D eigenvalue weighted by molar-refractivity contribution is 6.01. The van der Waals surface area contributed by atoms with Gasteiger partial charge in [-0.15, -0.1) is 0 Å². The van der Waals surface area contributed by atoms with Crippen LogP contribution in [0.4, 0.5) is 16.2 Å². The number of anilines is 2. The molecule has 4 amide bonds. The van der Waals surface area contributed by atoms with Gasteiger partial charge < -0.3 is 20.4 Å². The van der Waals surface area contributed by atoms with Crippen molar-refractivity contribution in [3.8, 4) is 0 Å². The van der Waals surface area contributed by atoms with E-state index in [1.807, 2.05) is 48.2 Å². The Bertz CT molecular complexity index is 908. The molecule has 0 radical (unpaired) electrons. The first kappa shape index (κ1) is 22.3. The fraction of sp³-hybridized carbons (Fsp3) is 0.375. The number of para-hydroxylation sites is 1. The van der Waals surface area contributed by atoms with Crippen LogP contribution in [0.25, 0.3) is 0 Å². The molecule has 0 saturated carbocycles. The number of benzene rings is 2. The molecule has 1 aliphatic heterocycles. The molecule has 2 aromatic rings. The summed E-state index contributed by atoms with van der Waals surface area (Å²) in [4.78, 5) is 41.3. The highest BCUT2D eigenvalue weighted by Crippen LogP contribution is 2.18. The van der Waals surface area contributed by atoms with Crippen LogP contribution in [0.1, 0.15) is 25.3 Å². The maximum atomic E-state index is 12.9. The number of urea groups is 1. The highest BCUT2D eigenvalue weighted by Gasteiger charge is 2.25. The van der Waals surface area contributed by atoms with Gasteiger partial charge in [0.2, 0.25) is 11.8 Å². The zero-order valence-corrected chi connectivity index (χ0v) is 18.1. The Morgan fingerprint density at radius 3 is 2.42 bits per heavy atom. The number of hydrogen-bond acceptors (Lipinski definition) is 3. The Labute approximate surface area is 183 Å². The number of carbonyl (C=O) groups is 3. The van der Waals surface area contributed by atoms with Crippen LogP contribution in [-0.2, 0) is 9.59 Å². The number of hydrogen-bond donors (Lipinski definition) is 2. The third-order valence-corrected chi connectivity index (χ3v) is 5.47. The average Bonchev–Trinajstić information content (AvgIpc) is 2.77. The molecule has 0 atom stereocenters. The molecule has 1 saturated heterocycles. The molecular formula is C24H30N4O3. The van der Waals surface area contributed by atoms with Gasteiger partial charge in [-0.05, 0) is 55.5 Å². The Balaban J connectivity index is 1.61. The lowest BCUT2D eigenvalue weighted by Gasteiger charge is -2.32. The van der Waals surface area contributed by atoms with Crippen molar-refractivity contribution in [1.82, 2.24) is 10.2 Å². The second-order valence-corrected chi connectivity index (χ2v) is 8.06. The van der Waals surface area contributed by atoms with Crippen LogP contribution in [0.3, 0.4) is 0 Å². The molecule has 0 bridgehead atoms. The van der Waals surface area contributed by atoms with Gasteiger partial charge >= 0.3 is 6.03 Å². The lowest BCUT2D eigenvalue weighted by atomic mass is 9.99. The predicted molar refractivity (Wildman–Crippen MR) is 122 cm³/mol. The molecule has 0 unspecified atom stereocenters. The van der Waals surface area contributed by atoms with Crippen LogP contribution in [0, 0.1) is 12.8 Å². The SMILES string of the molecule is Cc1cccc(NC(=O)NCC(=O)N(CC(=O)N2CCC(C)CC2)c2ccccc2)c1. The van der Waals surface area contributed by atoms with Crippen LogP contribution in [0.2, 0.25) is 0 Å². The van der Waals surface area contributed by atoms with Crippen molar-refractivity contribution in [2.24, 2.45) is 5.92 Å². The molecular weight excluding hydrogens is 392 g/mol. The first-order valence-electron chi connectivity index (χ1n) is 10.7. The van der Waals surface area contributed by atoms with Gasteiger partial charge in [0, 0.05) is 24.5 Å². The molecule has 7 nitrogen and oxygen atoms in total. The van der Waals surface area contributed by atoms with E-state index in [1.165, 1.54) is 4.90 Å². The summed E-state index contributed by atoms with van der Waals surface area (Å²) in [7, 11) is 0. The first-order chi connectivity index (χ1) is 14.9. The number of piperidine rings is 1. The minimum atomic E-state index is -0.469. The molecule has 1 aliphatic rings. The van der Waals surface area contributed by atoms with Crippen molar-refractivity contribution >= 4 is 29.2 Å². The number of carbonyl (C=O) groups excluding carboxylic acids is 3. The van der Waals surface area contributed by atoms with Crippen LogP contribution < -0.4 is 15.5 Å². The molecule has 2 aromatic carbocycles. The number of aryl methyl sites for hydroxylation is 1. The largest absolute Gasteiger partial charge is 0.341 e. The Kier molecular flexibility index (Phi) is 7.65. The van der Waals surface area contributed by atoms with E-state index in [1.54, 1.807) is 18.2 Å². The van der Waals surface area contributed by atoms with E-state index in [0.29, 0.717) is 30.4 Å². The smallest absolute Gasteiger partial charge is 0.319 e. The fourth-order valence-corrected chi connectivity index (χ4v) is 3.57. The molecule has 2 N–H and O–H groups in total. The van der Waals surface area contributed by atoms with Crippen LogP contribution in [-0.4, -0.2) is 48.9 Å². The number of likely N-dealkylation sites (tertiary alicyclic amines) is 1. The molecule has 164 valence electrons. The maximum absolute atomic E-state index is 12.9. The van der Waals surface area contributed by atoms with E-state index in [0.717, 1.165) is 18.4 Å². The molecule has 7 heteroatoms. The first-order valence-corrected chi connectivity index (χ1v) is 10.7. The summed E-state index contributed by atoms with van der Waals surface area (Å²) >= 11 is 0. The van der Waals surface area contributed by atoms with Gasteiger partial charge in [0.1, 0.15) is 6.54 Å². The van der Waals surface area contributed by atoms with E-state index >= 15 is 0 Å². The lowest BCUT2D eigenvalue weighted by molar-refractivity contribution is -0.132. The second-order valence-electron chi connectivity index (χ2n) is 8.06. The summed E-state index contributed by atoms with van der Waals surface area (Å²) < 4.78 is 0. The predicted octanol–water partition coefficient (Wildman–Crippen LogP) is 3.41. The van der Waals surface area contributed by atoms with E-state index in [4.69, 9.17) is 0 Å². The third-order valence-electron chi connectivity index (χ3n) is 5.47. The van der Waals surface area contributed by atoms with Crippen molar-refractivity contribution in [3.63, 3.8) is 0 Å². The van der Waals surface area contributed by atoms with Crippen LogP contribution >= 0.6 is 0 Å². The van der Waals surface area contributed by atoms with Crippen molar-refractivity contribution < 1.29 is 14.4 Å².